The molecule has 0 saturated heterocycles. The Morgan fingerprint density at radius 1 is 0.900 bits per heavy atom. The molecule has 0 fully saturated rings. The average Bonchev–Trinajstić information content (AvgIpc) is 2.47. The van der Waals surface area contributed by atoms with Crippen molar-refractivity contribution in [1.82, 2.24) is 4.98 Å². The van der Waals surface area contributed by atoms with Gasteiger partial charge in [0.2, 0.25) is 0 Å². The summed E-state index contributed by atoms with van der Waals surface area (Å²) < 4.78 is 0. The van der Waals surface area contributed by atoms with Crippen LogP contribution in [0.2, 0.25) is 0 Å². The van der Waals surface area contributed by atoms with Crippen molar-refractivity contribution >= 4 is 10.9 Å². The van der Waals surface area contributed by atoms with E-state index in [0.717, 1.165) is 11.9 Å². The second-order valence-electron chi connectivity index (χ2n) is 5.24. The van der Waals surface area contributed by atoms with Crippen LogP contribution in [0, 0.1) is 6.92 Å². The number of fused-ring (bicyclic) bond motifs is 1. The molecule has 100 valence electrons. The van der Waals surface area contributed by atoms with Gasteiger partial charge in [-0.1, -0.05) is 30.3 Å². The Balaban J connectivity index is 1.89. The monoisotopic (exact) mass is 262 g/mol. The Morgan fingerprint density at radius 3 is 2.35 bits per heavy atom. The minimum atomic E-state index is 0.598. The van der Waals surface area contributed by atoms with Crippen LogP contribution in [-0.2, 0) is 13.0 Å². The first kappa shape index (κ1) is 12.8. The number of rotatable bonds is 3. The summed E-state index contributed by atoms with van der Waals surface area (Å²) in [4.78, 5) is 4.44. The highest BCUT2D eigenvalue weighted by molar-refractivity contribution is 5.79. The topological polar surface area (TPSA) is 38.9 Å². The van der Waals surface area contributed by atoms with E-state index in [9.17, 15) is 0 Å². The summed E-state index contributed by atoms with van der Waals surface area (Å²) in [5.74, 6) is 0. The highest BCUT2D eigenvalue weighted by atomic mass is 14.6. The van der Waals surface area contributed by atoms with Crippen molar-refractivity contribution in [3.05, 3.63) is 77.0 Å². The molecular formula is C18H18N2. The molecule has 0 aliphatic heterocycles. The lowest BCUT2D eigenvalue weighted by molar-refractivity contribution is 1.06. The average molecular weight is 262 g/mol. The fourth-order valence-corrected chi connectivity index (χ4v) is 2.43. The first-order chi connectivity index (χ1) is 9.74. The third-order valence-corrected chi connectivity index (χ3v) is 3.55. The highest BCUT2D eigenvalue weighted by Gasteiger charge is 2.00. The fourth-order valence-electron chi connectivity index (χ4n) is 2.43. The van der Waals surface area contributed by atoms with E-state index in [0.29, 0.717) is 6.54 Å². The fraction of sp³-hybridized carbons (Fsp3) is 0.167. The molecule has 3 rings (SSSR count). The summed E-state index contributed by atoms with van der Waals surface area (Å²) in [6, 6.07) is 17.2. The Bertz CT molecular complexity index is 730. The van der Waals surface area contributed by atoms with Gasteiger partial charge in [-0.15, -0.1) is 0 Å². The molecule has 0 amide bonds. The van der Waals surface area contributed by atoms with Crippen LogP contribution in [0.4, 0.5) is 0 Å². The maximum atomic E-state index is 5.62. The van der Waals surface area contributed by atoms with Crippen LogP contribution in [0.15, 0.2) is 54.7 Å². The molecule has 2 nitrogen and oxygen atoms in total. The zero-order chi connectivity index (χ0) is 13.9. The van der Waals surface area contributed by atoms with Crippen LogP contribution >= 0.6 is 0 Å². The maximum absolute atomic E-state index is 5.62. The van der Waals surface area contributed by atoms with Gasteiger partial charge in [-0.25, -0.2) is 0 Å². The predicted molar refractivity (Wildman–Crippen MR) is 83.6 cm³/mol. The van der Waals surface area contributed by atoms with E-state index in [1.54, 1.807) is 0 Å². The first-order valence-corrected chi connectivity index (χ1v) is 6.88. The number of nitrogens with zero attached hydrogens (tertiary/aromatic N) is 1. The van der Waals surface area contributed by atoms with Crippen LogP contribution in [0.3, 0.4) is 0 Å². The zero-order valence-electron chi connectivity index (χ0n) is 11.6. The first-order valence-electron chi connectivity index (χ1n) is 6.88. The van der Waals surface area contributed by atoms with Crippen LogP contribution in [-0.4, -0.2) is 4.98 Å². The predicted octanol–water partition coefficient (Wildman–Crippen LogP) is 3.59. The van der Waals surface area contributed by atoms with Crippen LogP contribution in [0.25, 0.3) is 10.9 Å². The van der Waals surface area contributed by atoms with Gasteiger partial charge in [0.1, 0.15) is 0 Å². The SMILES string of the molecule is Cc1cnc2ccc(Cc3ccc(CN)cc3)cc2c1. The van der Waals surface area contributed by atoms with Crippen molar-refractivity contribution < 1.29 is 0 Å². The third kappa shape index (κ3) is 2.70. The largest absolute Gasteiger partial charge is 0.326 e. The molecule has 1 heterocycles. The molecule has 0 aliphatic rings. The number of hydrogen-bond donors (Lipinski definition) is 1. The third-order valence-electron chi connectivity index (χ3n) is 3.55. The van der Waals surface area contributed by atoms with Gasteiger partial charge in [-0.05, 0) is 53.8 Å². The summed E-state index contributed by atoms with van der Waals surface area (Å²) in [6.45, 7) is 2.67. The number of hydrogen-bond acceptors (Lipinski definition) is 2. The Kier molecular flexibility index (Phi) is 3.48. The van der Waals surface area contributed by atoms with Crippen LogP contribution in [0.5, 0.6) is 0 Å². The van der Waals surface area contributed by atoms with Crippen molar-refractivity contribution in [2.75, 3.05) is 0 Å². The lowest BCUT2D eigenvalue weighted by Crippen LogP contribution is -1.96. The number of benzene rings is 2. The molecule has 1 aromatic heterocycles. The van der Waals surface area contributed by atoms with Crippen LogP contribution in [0.1, 0.15) is 22.3 Å². The summed E-state index contributed by atoms with van der Waals surface area (Å²) in [5, 5.41) is 1.21. The maximum Gasteiger partial charge on any atom is 0.0702 e. The van der Waals surface area contributed by atoms with Gasteiger partial charge in [0, 0.05) is 18.1 Å². The second-order valence-corrected chi connectivity index (χ2v) is 5.24. The van der Waals surface area contributed by atoms with Gasteiger partial charge >= 0.3 is 0 Å². The standard InChI is InChI=1S/C18H18N2/c1-13-8-17-10-16(6-7-18(17)20-12-13)9-14-2-4-15(11-19)5-3-14/h2-8,10,12H,9,11,19H2,1H3. The van der Waals surface area contributed by atoms with Crippen molar-refractivity contribution in [3.8, 4) is 0 Å². The Hall–Kier alpha value is -2.19. The number of aromatic nitrogens is 1. The molecule has 20 heavy (non-hydrogen) atoms. The molecule has 0 spiro atoms. The molecule has 0 saturated carbocycles. The minimum absolute atomic E-state index is 0.598. The van der Waals surface area contributed by atoms with Crippen LogP contribution < -0.4 is 5.73 Å². The van der Waals surface area contributed by atoms with Crippen molar-refractivity contribution in [3.63, 3.8) is 0 Å². The lowest BCUT2D eigenvalue weighted by Gasteiger charge is -2.05. The lowest BCUT2D eigenvalue weighted by atomic mass is 10.0. The number of nitrogens with two attached hydrogens (primary N) is 1. The molecule has 2 aromatic carbocycles. The van der Waals surface area contributed by atoms with Crippen molar-refractivity contribution in [2.45, 2.75) is 19.9 Å². The molecule has 0 aliphatic carbocycles. The van der Waals surface area contributed by atoms with Gasteiger partial charge < -0.3 is 5.73 Å². The minimum Gasteiger partial charge on any atom is -0.326 e. The molecule has 3 aromatic rings. The molecule has 0 unspecified atom stereocenters. The zero-order valence-corrected chi connectivity index (χ0v) is 11.6. The smallest absolute Gasteiger partial charge is 0.0702 e. The van der Waals surface area contributed by atoms with Gasteiger partial charge in [0.25, 0.3) is 0 Å². The van der Waals surface area contributed by atoms with Gasteiger partial charge in [-0.3, -0.25) is 4.98 Å². The highest BCUT2D eigenvalue weighted by Crippen LogP contribution is 2.18. The summed E-state index contributed by atoms with van der Waals surface area (Å²) >= 11 is 0. The molecule has 2 heteroatoms. The Morgan fingerprint density at radius 2 is 1.60 bits per heavy atom. The van der Waals surface area contributed by atoms with E-state index in [-0.39, 0.29) is 0 Å². The summed E-state index contributed by atoms with van der Waals surface area (Å²) in [5.41, 5.74) is 11.7. The van der Waals surface area contributed by atoms with E-state index in [1.165, 1.54) is 27.6 Å². The number of pyridine rings is 1. The Labute approximate surface area is 119 Å². The quantitative estimate of drug-likeness (QED) is 0.783. The second kappa shape index (κ2) is 5.43. The summed E-state index contributed by atoms with van der Waals surface area (Å²) in [6.07, 6.45) is 2.85. The van der Waals surface area contributed by atoms with E-state index in [4.69, 9.17) is 5.73 Å². The van der Waals surface area contributed by atoms with Gasteiger partial charge in [-0.2, -0.15) is 0 Å². The van der Waals surface area contributed by atoms with E-state index in [1.807, 2.05) is 6.20 Å². The molecule has 0 atom stereocenters. The molecular weight excluding hydrogens is 244 g/mol. The van der Waals surface area contributed by atoms with Gasteiger partial charge in [0.15, 0.2) is 0 Å². The molecule has 2 N–H and O–H groups in total. The van der Waals surface area contributed by atoms with E-state index < -0.39 is 0 Å². The van der Waals surface area contributed by atoms with E-state index >= 15 is 0 Å². The number of aryl methyl sites for hydroxylation is 1. The van der Waals surface area contributed by atoms with Crippen molar-refractivity contribution in [1.29, 1.82) is 0 Å². The van der Waals surface area contributed by atoms with E-state index in [2.05, 4.69) is 60.4 Å². The van der Waals surface area contributed by atoms with Gasteiger partial charge in [0.05, 0.1) is 5.52 Å². The molecule has 0 bridgehead atoms. The summed E-state index contributed by atoms with van der Waals surface area (Å²) in [7, 11) is 0. The van der Waals surface area contributed by atoms with Crippen molar-refractivity contribution in [2.24, 2.45) is 5.73 Å². The molecule has 0 radical (unpaired) electrons. The normalized spacial score (nSPS) is 10.9.